The second kappa shape index (κ2) is 5.15. The largest absolute Gasteiger partial charge is 0.496 e. The Morgan fingerprint density at radius 3 is 2.18 bits per heavy atom. The molecule has 1 heterocycles. The molecule has 4 rings (SSSR count). The molecule has 0 aliphatic carbocycles. The Morgan fingerprint density at radius 2 is 1.41 bits per heavy atom. The van der Waals surface area contributed by atoms with Gasteiger partial charge in [0.1, 0.15) is 5.75 Å². The van der Waals surface area contributed by atoms with E-state index in [1.165, 1.54) is 10.8 Å². The second-order valence-corrected chi connectivity index (χ2v) is 5.24. The summed E-state index contributed by atoms with van der Waals surface area (Å²) < 4.78 is 5.62. The summed E-state index contributed by atoms with van der Waals surface area (Å²) in [6.07, 6.45) is 1.86. The van der Waals surface area contributed by atoms with E-state index in [0.717, 1.165) is 27.8 Å². The minimum absolute atomic E-state index is 0.850. The van der Waals surface area contributed by atoms with Crippen molar-refractivity contribution in [3.05, 3.63) is 72.9 Å². The number of nitrogens with zero attached hydrogens (tertiary/aromatic N) is 1. The summed E-state index contributed by atoms with van der Waals surface area (Å²) in [4.78, 5) is 4.66. The van der Waals surface area contributed by atoms with Crippen molar-refractivity contribution < 1.29 is 4.74 Å². The average Bonchev–Trinajstić information content (AvgIpc) is 2.60. The molecule has 0 saturated carbocycles. The highest BCUT2D eigenvalue weighted by atomic mass is 16.5. The normalized spacial score (nSPS) is 11.0. The first-order chi connectivity index (χ1) is 10.9. The Kier molecular flexibility index (Phi) is 3.01. The molecule has 0 unspecified atom stereocenters. The standard InChI is InChI=1S/C20H15NO/c1-22-18-11-10-14-6-2-4-8-16(14)19(18)20-17-9-5-3-7-15(17)12-13-21-20/h2-13H,1H3. The van der Waals surface area contributed by atoms with E-state index >= 15 is 0 Å². The number of rotatable bonds is 2. The van der Waals surface area contributed by atoms with Crippen LogP contribution in [0.1, 0.15) is 0 Å². The molecule has 4 aromatic rings. The molecule has 22 heavy (non-hydrogen) atoms. The Labute approximate surface area is 129 Å². The summed E-state index contributed by atoms with van der Waals surface area (Å²) in [5.74, 6) is 0.850. The second-order valence-electron chi connectivity index (χ2n) is 5.24. The maximum Gasteiger partial charge on any atom is 0.128 e. The lowest BCUT2D eigenvalue weighted by Gasteiger charge is -2.13. The number of pyridine rings is 1. The van der Waals surface area contributed by atoms with Crippen molar-refractivity contribution in [2.24, 2.45) is 0 Å². The van der Waals surface area contributed by atoms with E-state index in [1.54, 1.807) is 7.11 Å². The number of methoxy groups -OCH3 is 1. The molecule has 0 fully saturated rings. The van der Waals surface area contributed by atoms with Crippen LogP contribution >= 0.6 is 0 Å². The highest BCUT2D eigenvalue weighted by Gasteiger charge is 2.14. The van der Waals surface area contributed by atoms with E-state index in [4.69, 9.17) is 4.74 Å². The zero-order valence-corrected chi connectivity index (χ0v) is 12.3. The molecule has 0 spiro atoms. The number of ether oxygens (including phenoxy) is 1. The van der Waals surface area contributed by atoms with Crippen molar-refractivity contribution >= 4 is 21.5 Å². The Morgan fingerprint density at radius 1 is 0.727 bits per heavy atom. The van der Waals surface area contributed by atoms with Gasteiger partial charge in [0.2, 0.25) is 0 Å². The molecule has 106 valence electrons. The number of benzene rings is 3. The van der Waals surface area contributed by atoms with Gasteiger partial charge in [-0.25, -0.2) is 0 Å². The number of hydrogen-bond donors (Lipinski definition) is 0. The number of hydrogen-bond acceptors (Lipinski definition) is 2. The molecule has 0 atom stereocenters. The van der Waals surface area contributed by atoms with Gasteiger partial charge >= 0.3 is 0 Å². The number of aromatic nitrogens is 1. The van der Waals surface area contributed by atoms with Crippen LogP contribution < -0.4 is 4.74 Å². The van der Waals surface area contributed by atoms with E-state index < -0.39 is 0 Å². The summed E-state index contributed by atoms with van der Waals surface area (Å²) in [5, 5.41) is 4.67. The lowest BCUT2D eigenvalue weighted by atomic mass is 9.97. The molecular weight excluding hydrogens is 270 g/mol. The Balaban J connectivity index is 2.16. The van der Waals surface area contributed by atoms with E-state index in [1.807, 2.05) is 30.5 Å². The third kappa shape index (κ3) is 1.92. The van der Waals surface area contributed by atoms with Crippen molar-refractivity contribution in [2.45, 2.75) is 0 Å². The molecule has 1 aromatic heterocycles. The Hall–Kier alpha value is -2.87. The molecule has 0 aliphatic heterocycles. The highest BCUT2D eigenvalue weighted by Crippen LogP contribution is 2.38. The van der Waals surface area contributed by atoms with E-state index in [0.29, 0.717) is 0 Å². The molecule has 2 heteroatoms. The molecule has 0 amide bonds. The van der Waals surface area contributed by atoms with Gasteiger partial charge in [-0.2, -0.15) is 0 Å². The van der Waals surface area contributed by atoms with Gasteiger partial charge in [0.15, 0.2) is 0 Å². The van der Waals surface area contributed by atoms with Crippen molar-refractivity contribution in [3.8, 4) is 17.0 Å². The van der Waals surface area contributed by atoms with E-state index in [2.05, 4.69) is 47.4 Å². The number of fused-ring (bicyclic) bond motifs is 2. The van der Waals surface area contributed by atoms with Gasteiger partial charge in [-0.05, 0) is 28.3 Å². The molecule has 3 aromatic carbocycles. The van der Waals surface area contributed by atoms with Crippen LogP contribution in [0.5, 0.6) is 5.75 Å². The summed E-state index contributed by atoms with van der Waals surface area (Å²) in [6, 6.07) is 22.8. The first kappa shape index (κ1) is 12.8. The predicted molar refractivity (Wildman–Crippen MR) is 91.2 cm³/mol. The van der Waals surface area contributed by atoms with Crippen LogP contribution in [0, 0.1) is 0 Å². The quantitative estimate of drug-likeness (QED) is 0.513. The average molecular weight is 285 g/mol. The van der Waals surface area contributed by atoms with E-state index in [-0.39, 0.29) is 0 Å². The van der Waals surface area contributed by atoms with Crippen molar-refractivity contribution in [3.63, 3.8) is 0 Å². The molecule has 2 nitrogen and oxygen atoms in total. The first-order valence-corrected chi connectivity index (χ1v) is 7.28. The van der Waals surface area contributed by atoms with Gasteiger partial charge in [0.25, 0.3) is 0 Å². The van der Waals surface area contributed by atoms with Gasteiger partial charge in [-0.1, -0.05) is 54.6 Å². The van der Waals surface area contributed by atoms with E-state index in [9.17, 15) is 0 Å². The summed E-state index contributed by atoms with van der Waals surface area (Å²) in [7, 11) is 1.71. The topological polar surface area (TPSA) is 22.1 Å². The minimum atomic E-state index is 0.850. The maximum absolute atomic E-state index is 5.62. The van der Waals surface area contributed by atoms with Crippen molar-refractivity contribution in [1.29, 1.82) is 0 Å². The first-order valence-electron chi connectivity index (χ1n) is 7.28. The van der Waals surface area contributed by atoms with Crippen LogP contribution in [0.15, 0.2) is 72.9 Å². The molecule has 0 bridgehead atoms. The smallest absolute Gasteiger partial charge is 0.128 e. The van der Waals surface area contributed by atoms with Crippen LogP contribution in [-0.2, 0) is 0 Å². The third-order valence-electron chi connectivity index (χ3n) is 4.02. The van der Waals surface area contributed by atoms with Crippen LogP contribution in [0.25, 0.3) is 32.8 Å². The summed E-state index contributed by atoms with van der Waals surface area (Å²) in [5.41, 5.74) is 2.02. The van der Waals surface area contributed by atoms with Crippen LogP contribution in [0.4, 0.5) is 0 Å². The Bertz CT molecular complexity index is 970. The molecule has 0 saturated heterocycles. The van der Waals surface area contributed by atoms with Gasteiger partial charge in [0, 0.05) is 11.6 Å². The highest BCUT2D eigenvalue weighted by molar-refractivity contribution is 6.06. The third-order valence-corrected chi connectivity index (χ3v) is 4.02. The van der Waals surface area contributed by atoms with Gasteiger partial charge < -0.3 is 4.74 Å². The lowest BCUT2D eigenvalue weighted by molar-refractivity contribution is 0.417. The van der Waals surface area contributed by atoms with Crippen LogP contribution in [-0.4, -0.2) is 12.1 Å². The monoisotopic (exact) mass is 285 g/mol. The zero-order chi connectivity index (χ0) is 14.9. The fourth-order valence-corrected chi connectivity index (χ4v) is 2.98. The summed E-state index contributed by atoms with van der Waals surface area (Å²) >= 11 is 0. The van der Waals surface area contributed by atoms with Crippen molar-refractivity contribution in [2.75, 3.05) is 7.11 Å². The SMILES string of the molecule is COc1ccc2ccccc2c1-c1nccc2ccccc12. The molecule has 0 aliphatic rings. The minimum Gasteiger partial charge on any atom is -0.496 e. The summed E-state index contributed by atoms with van der Waals surface area (Å²) in [6.45, 7) is 0. The van der Waals surface area contributed by atoms with Crippen LogP contribution in [0.2, 0.25) is 0 Å². The fourth-order valence-electron chi connectivity index (χ4n) is 2.98. The molecule has 0 radical (unpaired) electrons. The van der Waals surface area contributed by atoms with Gasteiger partial charge in [-0.3, -0.25) is 4.98 Å². The van der Waals surface area contributed by atoms with Crippen LogP contribution in [0.3, 0.4) is 0 Å². The predicted octanol–water partition coefficient (Wildman–Crippen LogP) is 5.06. The van der Waals surface area contributed by atoms with Gasteiger partial charge in [0.05, 0.1) is 18.4 Å². The van der Waals surface area contributed by atoms with Gasteiger partial charge in [-0.15, -0.1) is 0 Å². The zero-order valence-electron chi connectivity index (χ0n) is 12.3. The maximum atomic E-state index is 5.62. The lowest BCUT2D eigenvalue weighted by Crippen LogP contribution is -1.93. The molecule has 0 N–H and O–H groups in total. The fraction of sp³-hybridized carbons (Fsp3) is 0.0500. The molecular formula is C20H15NO. The van der Waals surface area contributed by atoms with Crippen molar-refractivity contribution in [1.82, 2.24) is 4.98 Å².